The third kappa shape index (κ3) is 1.97. The molecule has 3 rings (SSSR count). The Kier molecular flexibility index (Phi) is 2.83. The van der Waals surface area contributed by atoms with E-state index in [0.717, 1.165) is 22.4 Å². The Balaban J connectivity index is 2.17. The van der Waals surface area contributed by atoms with E-state index < -0.39 is 5.97 Å². The van der Waals surface area contributed by atoms with Crippen molar-refractivity contribution in [2.45, 2.75) is 0 Å². The highest BCUT2D eigenvalue weighted by molar-refractivity contribution is 5.94. The predicted octanol–water partition coefficient (Wildman–Crippen LogP) is 2.36. The molecular weight excluding hydrogens is 256 g/mol. The van der Waals surface area contributed by atoms with E-state index in [9.17, 15) is 4.79 Å². The van der Waals surface area contributed by atoms with Crippen LogP contribution in [0, 0.1) is 0 Å². The molecule has 0 spiro atoms. The van der Waals surface area contributed by atoms with Gasteiger partial charge in [-0.2, -0.15) is 0 Å². The number of H-pyrrole nitrogens is 1. The SMILES string of the molecule is CNc1cc(-c2ccc(C(=O)O)cn2)c2cc[nH]c2n1. The average Bonchev–Trinajstić information content (AvgIpc) is 2.94. The molecule has 3 heterocycles. The first-order valence-corrected chi connectivity index (χ1v) is 6.04. The maximum atomic E-state index is 10.9. The first-order chi connectivity index (χ1) is 9.69. The van der Waals surface area contributed by atoms with Crippen LogP contribution in [0.25, 0.3) is 22.3 Å². The summed E-state index contributed by atoms with van der Waals surface area (Å²) in [4.78, 5) is 22.5. The van der Waals surface area contributed by atoms with Crippen molar-refractivity contribution in [3.63, 3.8) is 0 Å². The fourth-order valence-electron chi connectivity index (χ4n) is 2.06. The second kappa shape index (κ2) is 4.65. The van der Waals surface area contributed by atoms with Gasteiger partial charge in [0.05, 0.1) is 11.3 Å². The summed E-state index contributed by atoms with van der Waals surface area (Å²) < 4.78 is 0. The minimum Gasteiger partial charge on any atom is -0.478 e. The lowest BCUT2D eigenvalue weighted by Crippen LogP contribution is -1.98. The number of pyridine rings is 2. The molecule has 0 aliphatic heterocycles. The molecule has 0 fully saturated rings. The van der Waals surface area contributed by atoms with Gasteiger partial charge in [0.1, 0.15) is 11.5 Å². The first kappa shape index (κ1) is 12.2. The monoisotopic (exact) mass is 268 g/mol. The Morgan fingerprint density at radius 1 is 1.35 bits per heavy atom. The second-order valence-corrected chi connectivity index (χ2v) is 4.28. The number of nitrogens with zero attached hydrogens (tertiary/aromatic N) is 2. The molecule has 3 aromatic heterocycles. The molecule has 0 unspecified atom stereocenters. The van der Waals surface area contributed by atoms with Crippen LogP contribution in [0.2, 0.25) is 0 Å². The zero-order valence-corrected chi connectivity index (χ0v) is 10.7. The van der Waals surface area contributed by atoms with Crippen molar-refractivity contribution in [1.29, 1.82) is 0 Å². The molecule has 0 aromatic carbocycles. The molecule has 0 amide bonds. The highest BCUT2D eigenvalue weighted by Crippen LogP contribution is 2.28. The fourth-order valence-corrected chi connectivity index (χ4v) is 2.06. The van der Waals surface area contributed by atoms with Crippen molar-refractivity contribution in [1.82, 2.24) is 15.0 Å². The van der Waals surface area contributed by atoms with Gasteiger partial charge in [0, 0.05) is 30.4 Å². The summed E-state index contributed by atoms with van der Waals surface area (Å²) in [6, 6.07) is 7.05. The maximum Gasteiger partial charge on any atom is 0.337 e. The third-order valence-corrected chi connectivity index (χ3v) is 3.07. The normalized spacial score (nSPS) is 10.7. The van der Waals surface area contributed by atoms with Crippen LogP contribution in [0.1, 0.15) is 10.4 Å². The molecule has 6 nitrogen and oxygen atoms in total. The number of carboxylic acids is 1. The van der Waals surface area contributed by atoms with E-state index in [2.05, 4.69) is 20.3 Å². The molecule has 20 heavy (non-hydrogen) atoms. The molecule has 0 radical (unpaired) electrons. The fraction of sp³-hybridized carbons (Fsp3) is 0.0714. The van der Waals surface area contributed by atoms with Crippen molar-refractivity contribution < 1.29 is 9.90 Å². The minimum absolute atomic E-state index is 0.168. The lowest BCUT2D eigenvalue weighted by molar-refractivity contribution is 0.0696. The Bertz CT molecular complexity index is 777. The Morgan fingerprint density at radius 2 is 2.20 bits per heavy atom. The maximum absolute atomic E-state index is 10.9. The Morgan fingerprint density at radius 3 is 2.85 bits per heavy atom. The van der Waals surface area contributed by atoms with Gasteiger partial charge < -0.3 is 15.4 Å². The summed E-state index contributed by atoms with van der Waals surface area (Å²) in [6.07, 6.45) is 3.17. The van der Waals surface area contributed by atoms with Gasteiger partial charge >= 0.3 is 5.97 Å². The quantitative estimate of drug-likeness (QED) is 0.678. The van der Waals surface area contributed by atoms with Crippen LogP contribution in [0.4, 0.5) is 5.82 Å². The van der Waals surface area contributed by atoms with Crippen LogP contribution in [0.15, 0.2) is 36.7 Å². The van der Waals surface area contributed by atoms with Crippen LogP contribution in [0.5, 0.6) is 0 Å². The minimum atomic E-state index is -0.985. The van der Waals surface area contributed by atoms with Crippen molar-refractivity contribution in [3.05, 3.63) is 42.2 Å². The lowest BCUT2D eigenvalue weighted by Gasteiger charge is -2.06. The van der Waals surface area contributed by atoms with E-state index in [1.807, 2.05) is 18.3 Å². The number of aromatic amines is 1. The molecular formula is C14H12N4O2. The van der Waals surface area contributed by atoms with E-state index in [1.165, 1.54) is 6.20 Å². The average molecular weight is 268 g/mol. The van der Waals surface area contributed by atoms with Gasteiger partial charge in [-0.1, -0.05) is 0 Å². The molecule has 100 valence electrons. The third-order valence-electron chi connectivity index (χ3n) is 3.07. The molecule has 0 atom stereocenters. The predicted molar refractivity (Wildman–Crippen MR) is 75.8 cm³/mol. The smallest absolute Gasteiger partial charge is 0.337 e. The van der Waals surface area contributed by atoms with Crippen LogP contribution in [-0.4, -0.2) is 33.1 Å². The number of nitrogens with one attached hydrogen (secondary N) is 2. The van der Waals surface area contributed by atoms with Gasteiger partial charge in [0.25, 0.3) is 0 Å². The molecule has 0 saturated carbocycles. The van der Waals surface area contributed by atoms with E-state index in [0.29, 0.717) is 5.69 Å². The number of rotatable bonds is 3. The number of hydrogen-bond acceptors (Lipinski definition) is 4. The van der Waals surface area contributed by atoms with Crippen molar-refractivity contribution in [2.24, 2.45) is 0 Å². The summed E-state index contributed by atoms with van der Waals surface area (Å²) >= 11 is 0. The van der Waals surface area contributed by atoms with Crippen LogP contribution in [0.3, 0.4) is 0 Å². The topological polar surface area (TPSA) is 90.9 Å². The summed E-state index contributed by atoms with van der Waals surface area (Å²) in [7, 11) is 1.79. The standard InChI is InChI=1S/C14H12N4O2/c1-15-12-6-10(9-4-5-16-13(9)18-12)11-3-2-8(7-17-11)14(19)20/h2-7H,1H3,(H,19,20)(H2,15,16,18). The van der Waals surface area contributed by atoms with Crippen molar-refractivity contribution >= 4 is 22.8 Å². The van der Waals surface area contributed by atoms with E-state index in [4.69, 9.17) is 5.11 Å². The van der Waals surface area contributed by atoms with Crippen molar-refractivity contribution in [2.75, 3.05) is 12.4 Å². The lowest BCUT2D eigenvalue weighted by atomic mass is 10.1. The number of aromatic carboxylic acids is 1. The van der Waals surface area contributed by atoms with Crippen LogP contribution in [-0.2, 0) is 0 Å². The largest absolute Gasteiger partial charge is 0.478 e. The van der Waals surface area contributed by atoms with Gasteiger partial charge in [-0.05, 0) is 24.3 Å². The first-order valence-electron chi connectivity index (χ1n) is 6.04. The van der Waals surface area contributed by atoms with E-state index in [1.54, 1.807) is 19.2 Å². The van der Waals surface area contributed by atoms with Gasteiger partial charge in [-0.3, -0.25) is 4.98 Å². The summed E-state index contributed by atoms with van der Waals surface area (Å²) in [5.74, 6) is -0.263. The number of aromatic nitrogens is 3. The van der Waals surface area contributed by atoms with Gasteiger partial charge in [0.2, 0.25) is 0 Å². The molecule has 0 bridgehead atoms. The summed E-state index contributed by atoms with van der Waals surface area (Å²) in [5.41, 5.74) is 2.54. The Hall–Kier alpha value is -2.89. The zero-order chi connectivity index (χ0) is 14.1. The molecule has 3 N–H and O–H groups in total. The summed E-state index contributed by atoms with van der Waals surface area (Å²) in [5, 5.41) is 12.8. The molecule has 0 aliphatic carbocycles. The summed E-state index contributed by atoms with van der Waals surface area (Å²) in [6.45, 7) is 0. The van der Waals surface area contributed by atoms with E-state index in [-0.39, 0.29) is 5.56 Å². The van der Waals surface area contributed by atoms with Crippen molar-refractivity contribution in [3.8, 4) is 11.3 Å². The van der Waals surface area contributed by atoms with E-state index >= 15 is 0 Å². The van der Waals surface area contributed by atoms with Gasteiger partial charge in [-0.25, -0.2) is 9.78 Å². The highest BCUT2D eigenvalue weighted by atomic mass is 16.4. The molecule has 6 heteroatoms. The van der Waals surface area contributed by atoms with Crippen LogP contribution < -0.4 is 5.32 Å². The number of fused-ring (bicyclic) bond motifs is 1. The number of carboxylic acid groups (broad SMARTS) is 1. The van der Waals surface area contributed by atoms with Gasteiger partial charge in [-0.15, -0.1) is 0 Å². The number of carbonyl (C=O) groups is 1. The Labute approximate surface area is 114 Å². The highest BCUT2D eigenvalue weighted by Gasteiger charge is 2.10. The zero-order valence-electron chi connectivity index (χ0n) is 10.7. The number of anilines is 1. The van der Waals surface area contributed by atoms with Gasteiger partial charge in [0.15, 0.2) is 0 Å². The second-order valence-electron chi connectivity index (χ2n) is 4.28. The molecule has 0 saturated heterocycles. The van der Waals surface area contributed by atoms with Crippen LogP contribution >= 0.6 is 0 Å². The molecule has 3 aromatic rings. The molecule has 0 aliphatic rings. The number of hydrogen-bond donors (Lipinski definition) is 3.